The molecule has 1 aromatic rings. The zero-order chi connectivity index (χ0) is 9.68. The van der Waals surface area contributed by atoms with Gasteiger partial charge in [-0.1, -0.05) is 11.6 Å². The Bertz CT molecular complexity index is 252. The predicted octanol–water partition coefficient (Wildman–Crippen LogP) is 2.83. The molecule has 1 aromatic heterocycles. The van der Waals surface area contributed by atoms with Gasteiger partial charge in [0.25, 0.3) is 0 Å². The maximum atomic E-state index is 5.83. The van der Waals surface area contributed by atoms with Gasteiger partial charge >= 0.3 is 0 Å². The summed E-state index contributed by atoms with van der Waals surface area (Å²) in [6.45, 7) is 0.707. The molecule has 0 aliphatic rings. The summed E-state index contributed by atoms with van der Waals surface area (Å²) < 4.78 is 6.16. The Morgan fingerprint density at radius 2 is 2.38 bits per heavy atom. The second-order valence-corrected chi connectivity index (χ2v) is 4.54. The van der Waals surface area contributed by atoms with Crippen molar-refractivity contribution < 1.29 is 4.74 Å². The number of nitrogens with two attached hydrogens (primary N) is 1. The van der Waals surface area contributed by atoms with Gasteiger partial charge in [0.15, 0.2) is 0 Å². The van der Waals surface area contributed by atoms with Crippen LogP contribution in [-0.4, -0.2) is 13.7 Å². The third-order valence-corrected chi connectivity index (χ3v) is 3.19. The van der Waals surface area contributed by atoms with Gasteiger partial charge in [-0.25, -0.2) is 0 Å². The summed E-state index contributed by atoms with van der Waals surface area (Å²) in [4.78, 5) is 1.18. The fourth-order valence-electron chi connectivity index (χ4n) is 1.18. The minimum Gasteiger partial charge on any atom is -0.376 e. The van der Waals surface area contributed by atoms with Crippen LogP contribution in [0.25, 0.3) is 0 Å². The number of methoxy groups -OCH3 is 1. The molecule has 2 N–H and O–H groups in total. The fourth-order valence-corrected chi connectivity index (χ4v) is 2.35. The minimum absolute atomic E-state index is 0.154. The number of thiophene rings is 1. The number of hydrogen-bond acceptors (Lipinski definition) is 3. The molecule has 1 unspecified atom stereocenters. The Morgan fingerprint density at radius 1 is 1.62 bits per heavy atom. The molecule has 1 rings (SSSR count). The molecule has 1 atom stereocenters. The lowest BCUT2D eigenvalue weighted by atomic mass is 10.1. The zero-order valence-corrected chi connectivity index (χ0v) is 9.20. The second-order valence-electron chi connectivity index (χ2n) is 2.80. The molecule has 74 valence electrons. The van der Waals surface area contributed by atoms with Crippen LogP contribution >= 0.6 is 22.9 Å². The third kappa shape index (κ3) is 3.27. The summed E-state index contributed by atoms with van der Waals surface area (Å²) in [5.74, 6) is 0. The maximum Gasteiger partial charge on any atom is 0.0932 e. The molecular formula is C9H14ClNOS. The van der Waals surface area contributed by atoms with Crippen molar-refractivity contribution in [3.63, 3.8) is 0 Å². The van der Waals surface area contributed by atoms with Gasteiger partial charge < -0.3 is 10.5 Å². The predicted molar refractivity (Wildman–Crippen MR) is 57.4 cm³/mol. The van der Waals surface area contributed by atoms with E-state index in [2.05, 4.69) is 0 Å². The first-order valence-corrected chi connectivity index (χ1v) is 5.45. The standard InChI is InChI=1S/C9H14ClNOS/c1-12-7(3-2-6-11)8-4-5-9(10)13-8/h4-5,7H,2-3,6,11H2,1H3. The molecule has 0 radical (unpaired) electrons. The average Bonchev–Trinajstić information content (AvgIpc) is 2.54. The number of ether oxygens (including phenoxy) is 1. The first-order valence-electron chi connectivity index (χ1n) is 4.26. The first-order chi connectivity index (χ1) is 6.27. The molecule has 0 amide bonds. The van der Waals surface area contributed by atoms with E-state index in [1.807, 2.05) is 12.1 Å². The average molecular weight is 220 g/mol. The van der Waals surface area contributed by atoms with E-state index in [0.29, 0.717) is 6.54 Å². The third-order valence-electron chi connectivity index (χ3n) is 1.87. The fraction of sp³-hybridized carbons (Fsp3) is 0.556. The monoisotopic (exact) mass is 219 g/mol. The van der Waals surface area contributed by atoms with Crippen molar-refractivity contribution in [3.8, 4) is 0 Å². The van der Waals surface area contributed by atoms with Crippen molar-refractivity contribution in [1.29, 1.82) is 0 Å². The van der Waals surface area contributed by atoms with Crippen LogP contribution in [0.3, 0.4) is 0 Å². The van der Waals surface area contributed by atoms with Gasteiger partial charge in [-0.15, -0.1) is 11.3 Å². The second kappa shape index (κ2) is 5.60. The largest absolute Gasteiger partial charge is 0.376 e. The topological polar surface area (TPSA) is 35.2 Å². The Labute approximate surface area is 87.7 Å². The van der Waals surface area contributed by atoms with Crippen LogP contribution in [0.5, 0.6) is 0 Å². The van der Waals surface area contributed by atoms with Crippen LogP contribution in [0.1, 0.15) is 23.8 Å². The lowest BCUT2D eigenvalue weighted by Gasteiger charge is -2.12. The van der Waals surface area contributed by atoms with Crippen LogP contribution in [0.2, 0.25) is 4.34 Å². The van der Waals surface area contributed by atoms with Gasteiger partial charge in [0.2, 0.25) is 0 Å². The van der Waals surface area contributed by atoms with Crippen LogP contribution in [0.15, 0.2) is 12.1 Å². The van der Waals surface area contributed by atoms with E-state index in [1.165, 1.54) is 4.88 Å². The smallest absolute Gasteiger partial charge is 0.0932 e. The highest BCUT2D eigenvalue weighted by molar-refractivity contribution is 7.16. The Kier molecular flexibility index (Phi) is 4.73. The van der Waals surface area contributed by atoms with E-state index >= 15 is 0 Å². The molecule has 13 heavy (non-hydrogen) atoms. The minimum atomic E-state index is 0.154. The molecular weight excluding hydrogens is 206 g/mol. The first kappa shape index (κ1) is 11.0. The summed E-state index contributed by atoms with van der Waals surface area (Å²) in [5, 5.41) is 0. The van der Waals surface area contributed by atoms with Crippen molar-refractivity contribution in [2.75, 3.05) is 13.7 Å². The molecule has 0 saturated carbocycles. The van der Waals surface area contributed by atoms with Gasteiger partial charge in [0.1, 0.15) is 0 Å². The lowest BCUT2D eigenvalue weighted by molar-refractivity contribution is 0.0973. The van der Waals surface area contributed by atoms with Gasteiger partial charge in [-0.05, 0) is 31.5 Å². The van der Waals surface area contributed by atoms with Gasteiger partial charge in [0.05, 0.1) is 10.4 Å². The highest BCUT2D eigenvalue weighted by Crippen LogP contribution is 2.31. The molecule has 0 bridgehead atoms. The van der Waals surface area contributed by atoms with Crippen molar-refractivity contribution in [3.05, 3.63) is 21.3 Å². The van der Waals surface area contributed by atoms with Crippen molar-refractivity contribution in [2.45, 2.75) is 18.9 Å². The highest BCUT2D eigenvalue weighted by Gasteiger charge is 2.11. The Hall–Kier alpha value is -0.0900. The van der Waals surface area contributed by atoms with Crippen LogP contribution in [-0.2, 0) is 4.74 Å². The van der Waals surface area contributed by atoms with Crippen molar-refractivity contribution in [1.82, 2.24) is 0 Å². The van der Waals surface area contributed by atoms with Crippen LogP contribution in [0, 0.1) is 0 Å². The summed E-state index contributed by atoms with van der Waals surface area (Å²) in [5.41, 5.74) is 5.44. The molecule has 0 spiro atoms. The molecule has 2 nitrogen and oxygen atoms in total. The SMILES string of the molecule is COC(CCCN)c1ccc(Cl)s1. The molecule has 4 heteroatoms. The van der Waals surface area contributed by atoms with E-state index in [0.717, 1.165) is 17.2 Å². The Balaban J connectivity index is 2.56. The lowest BCUT2D eigenvalue weighted by Crippen LogP contribution is -2.04. The number of rotatable bonds is 5. The summed E-state index contributed by atoms with van der Waals surface area (Å²) in [7, 11) is 1.72. The van der Waals surface area contributed by atoms with E-state index in [9.17, 15) is 0 Å². The van der Waals surface area contributed by atoms with Crippen molar-refractivity contribution in [2.24, 2.45) is 5.73 Å². The molecule has 0 fully saturated rings. The van der Waals surface area contributed by atoms with E-state index in [-0.39, 0.29) is 6.10 Å². The molecule has 0 aromatic carbocycles. The molecule has 0 saturated heterocycles. The summed E-state index contributed by atoms with van der Waals surface area (Å²) in [6, 6.07) is 3.91. The van der Waals surface area contributed by atoms with E-state index < -0.39 is 0 Å². The molecule has 1 heterocycles. The number of hydrogen-bond donors (Lipinski definition) is 1. The normalized spacial score (nSPS) is 13.2. The number of halogens is 1. The highest BCUT2D eigenvalue weighted by atomic mass is 35.5. The summed E-state index contributed by atoms with van der Waals surface area (Å²) in [6.07, 6.45) is 2.10. The molecule has 0 aliphatic heterocycles. The van der Waals surface area contributed by atoms with Gasteiger partial charge in [-0.3, -0.25) is 0 Å². The van der Waals surface area contributed by atoms with Gasteiger partial charge in [-0.2, -0.15) is 0 Å². The van der Waals surface area contributed by atoms with Crippen LogP contribution in [0.4, 0.5) is 0 Å². The zero-order valence-electron chi connectivity index (χ0n) is 7.63. The van der Waals surface area contributed by atoms with Crippen LogP contribution < -0.4 is 5.73 Å². The summed E-state index contributed by atoms with van der Waals surface area (Å²) >= 11 is 7.40. The van der Waals surface area contributed by atoms with Crippen molar-refractivity contribution >= 4 is 22.9 Å². The maximum absolute atomic E-state index is 5.83. The Morgan fingerprint density at radius 3 is 2.85 bits per heavy atom. The van der Waals surface area contributed by atoms with E-state index in [1.54, 1.807) is 18.4 Å². The molecule has 0 aliphatic carbocycles. The van der Waals surface area contributed by atoms with E-state index in [4.69, 9.17) is 22.1 Å². The van der Waals surface area contributed by atoms with Gasteiger partial charge in [0, 0.05) is 12.0 Å². The quantitative estimate of drug-likeness (QED) is 0.827.